The normalized spacial score (nSPS) is 20.9. The number of amides is 1. The van der Waals surface area contributed by atoms with Crippen molar-refractivity contribution in [2.24, 2.45) is 0 Å². The highest BCUT2D eigenvalue weighted by Gasteiger charge is 2.38. The number of nitrogens with zero attached hydrogens (tertiary/aromatic N) is 2. The number of anilines is 1. The van der Waals surface area contributed by atoms with E-state index in [4.69, 9.17) is 0 Å². The molecule has 0 aliphatic carbocycles. The summed E-state index contributed by atoms with van der Waals surface area (Å²) in [5, 5.41) is 0. The van der Waals surface area contributed by atoms with Crippen LogP contribution >= 0.6 is 0 Å². The standard InChI is InChI=1S/C24H24F6N2O3S/c25-23(26,27)19-12-18(13-20(14-19)24(28,29)30)22(33)32-7-1-2-17(15-32)16-3-5-21(6-4-16)31-8-10-36(34,35)11-9-31/h3-6,12-14,17H,1-2,7-11,15H2. The van der Waals surface area contributed by atoms with E-state index in [1.807, 2.05) is 29.2 Å². The summed E-state index contributed by atoms with van der Waals surface area (Å²) < 4.78 is 103. The number of carbonyl (C=O) groups is 1. The summed E-state index contributed by atoms with van der Waals surface area (Å²) in [4.78, 5) is 16.2. The van der Waals surface area contributed by atoms with Crippen LogP contribution in [0.3, 0.4) is 0 Å². The maximum atomic E-state index is 13.2. The summed E-state index contributed by atoms with van der Waals surface area (Å²) in [6.45, 7) is 1.18. The Morgan fingerprint density at radius 3 is 1.92 bits per heavy atom. The van der Waals surface area contributed by atoms with Crippen molar-refractivity contribution in [1.29, 1.82) is 0 Å². The number of piperidine rings is 1. The maximum Gasteiger partial charge on any atom is 0.416 e. The minimum Gasteiger partial charge on any atom is -0.369 e. The number of alkyl halides is 6. The maximum absolute atomic E-state index is 13.2. The van der Waals surface area contributed by atoms with Gasteiger partial charge in [-0.3, -0.25) is 4.79 Å². The Hall–Kier alpha value is -2.76. The van der Waals surface area contributed by atoms with Crippen molar-refractivity contribution in [2.75, 3.05) is 42.6 Å². The molecule has 0 saturated carbocycles. The molecule has 4 rings (SSSR count). The highest BCUT2D eigenvalue weighted by molar-refractivity contribution is 7.91. The van der Waals surface area contributed by atoms with Crippen LogP contribution in [0.1, 0.15) is 45.8 Å². The lowest BCUT2D eigenvalue weighted by molar-refractivity contribution is -0.143. The van der Waals surface area contributed by atoms with Crippen LogP contribution in [0.2, 0.25) is 0 Å². The fraction of sp³-hybridized carbons (Fsp3) is 0.458. The lowest BCUT2D eigenvalue weighted by atomic mass is 9.90. The Morgan fingerprint density at radius 1 is 0.833 bits per heavy atom. The average molecular weight is 535 g/mol. The van der Waals surface area contributed by atoms with E-state index < -0.39 is 44.8 Å². The predicted octanol–water partition coefficient (Wildman–Crippen LogP) is 4.98. The lowest BCUT2D eigenvalue weighted by Gasteiger charge is -2.34. The van der Waals surface area contributed by atoms with Gasteiger partial charge >= 0.3 is 12.4 Å². The summed E-state index contributed by atoms with van der Waals surface area (Å²) in [5.41, 5.74) is -1.93. The molecule has 36 heavy (non-hydrogen) atoms. The summed E-state index contributed by atoms with van der Waals surface area (Å²) in [7, 11) is -3.01. The summed E-state index contributed by atoms with van der Waals surface area (Å²) in [6, 6.07) is 8.39. The van der Waals surface area contributed by atoms with E-state index in [9.17, 15) is 39.6 Å². The molecular weight excluding hydrogens is 510 g/mol. The molecular formula is C24H24F6N2O3S. The minimum atomic E-state index is -5.03. The summed E-state index contributed by atoms with van der Waals surface area (Å²) in [6.07, 6.45) is -8.79. The lowest BCUT2D eigenvalue weighted by Crippen LogP contribution is -2.40. The first kappa shape index (κ1) is 26.3. The monoisotopic (exact) mass is 534 g/mol. The van der Waals surface area contributed by atoms with Crippen LogP contribution in [0, 0.1) is 0 Å². The Bertz CT molecular complexity index is 1180. The van der Waals surface area contributed by atoms with Gasteiger partial charge < -0.3 is 9.80 Å². The SMILES string of the molecule is O=C(c1cc(C(F)(F)F)cc(C(F)(F)F)c1)N1CCCC(c2ccc(N3CCS(=O)(=O)CC3)cc2)C1. The first-order valence-corrected chi connectivity index (χ1v) is 13.2. The molecule has 1 atom stereocenters. The zero-order valence-electron chi connectivity index (χ0n) is 19.1. The number of likely N-dealkylation sites (tertiary alicyclic amines) is 1. The molecule has 0 radical (unpaired) electrons. The van der Waals surface area contributed by atoms with E-state index in [0.29, 0.717) is 38.1 Å². The molecule has 2 aliphatic rings. The van der Waals surface area contributed by atoms with Crippen molar-refractivity contribution in [3.05, 3.63) is 64.7 Å². The molecule has 2 saturated heterocycles. The Labute approximate surface area is 204 Å². The van der Waals surface area contributed by atoms with Gasteiger partial charge in [0.25, 0.3) is 5.91 Å². The minimum absolute atomic E-state index is 0.00903. The number of rotatable bonds is 3. The second-order valence-electron chi connectivity index (χ2n) is 9.12. The Kier molecular flexibility index (Phi) is 7.02. The molecule has 5 nitrogen and oxygen atoms in total. The molecule has 2 heterocycles. The van der Waals surface area contributed by atoms with E-state index in [1.54, 1.807) is 0 Å². The predicted molar refractivity (Wildman–Crippen MR) is 122 cm³/mol. The highest BCUT2D eigenvalue weighted by Crippen LogP contribution is 2.37. The van der Waals surface area contributed by atoms with Crippen LogP contribution in [0.4, 0.5) is 32.0 Å². The molecule has 1 amide bonds. The van der Waals surface area contributed by atoms with Crippen molar-refractivity contribution >= 4 is 21.4 Å². The number of benzene rings is 2. The highest BCUT2D eigenvalue weighted by atomic mass is 32.2. The molecule has 2 aromatic carbocycles. The van der Waals surface area contributed by atoms with E-state index in [2.05, 4.69) is 0 Å². The third kappa shape index (κ3) is 5.96. The summed E-state index contributed by atoms with van der Waals surface area (Å²) in [5.74, 6) is -0.839. The van der Waals surface area contributed by atoms with Crippen LogP contribution in [-0.2, 0) is 22.2 Å². The van der Waals surface area contributed by atoms with Gasteiger partial charge in [0.2, 0.25) is 0 Å². The molecule has 2 aliphatic heterocycles. The number of hydrogen-bond acceptors (Lipinski definition) is 4. The van der Waals surface area contributed by atoms with E-state index in [0.717, 1.165) is 11.3 Å². The second-order valence-corrected chi connectivity index (χ2v) is 11.4. The quantitative estimate of drug-likeness (QED) is 0.522. The Morgan fingerprint density at radius 2 is 1.39 bits per heavy atom. The zero-order chi connectivity index (χ0) is 26.3. The Balaban J connectivity index is 1.50. The summed E-state index contributed by atoms with van der Waals surface area (Å²) >= 11 is 0. The first-order valence-electron chi connectivity index (χ1n) is 11.4. The average Bonchev–Trinajstić information content (AvgIpc) is 2.82. The fourth-order valence-corrected chi connectivity index (χ4v) is 5.82. The van der Waals surface area contributed by atoms with Gasteiger partial charge in [-0.15, -0.1) is 0 Å². The van der Waals surface area contributed by atoms with Crippen molar-refractivity contribution < 1.29 is 39.6 Å². The van der Waals surface area contributed by atoms with Crippen LogP contribution in [0.15, 0.2) is 42.5 Å². The molecule has 1 unspecified atom stereocenters. The van der Waals surface area contributed by atoms with Gasteiger partial charge in [0.05, 0.1) is 22.6 Å². The van der Waals surface area contributed by atoms with Crippen molar-refractivity contribution in [1.82, 2.24) is 4.90 Å². The van der Waals surface area contributed by atoms with Crippen molar-refractivity contribution in [2.45, 2.75) is 31.1 Å². The van der Waals surface area contributed by atoms with Gasteiger partial charge in [-0.25, -0.2) is 8.42 Å². The zero-order valence-corrected chi connectivity index (χ0v) is 19.9. The van der Waals surface area contributed by atoms with E-state index in [-0.39, 0.29) is 36.6 Å². The van der Waals surface area contributed by atoms with Crippen LogP contribution in [-0.4, -0.2) is 56.9 Å². The van der Waals surface area contributed by atoms with Gasteiger partial charge in [-0.2, -0.15) is 26.3 Å². The van der Waals surface area contributed by atoms with Gasteiger partial charge in [-0.1, -0.05) is 12.1 Å². The first-order chi connectivity index (χ1) is 16.7. The van der Waals surface area contributed by atoms with E-state index in [1.165, 1.54) is 4.90 Å². The van der Waals surface area contributed by atoms with Crippen molar-refractivity contribution in [3.8, 4) is 0 Å². The topological polar surface area (TPSA) is 57.7 Å². The van der Waals surface area contributed by atoms with Crippen molar-refractivity contribution in [3.63, 3.8) is 0 Å². The smallest absolute Gasteiger partial charge is 0.369 e. The number of sulfone groups is 1. The third-order valence-electron chi connectivity index (χ3n) is 6.62. The van der Waals surface area contributed by atoms with E-state index >= 15 is 0 Å². The number of hydrogen-bond donors (Lipinski definition) is 0. The van der Waals surface area contributed by atoms with Crippen LogP contribution in [0.5, 0.6) is 0 Å². The van der Waals surface area contributed by atoms with Gasteiger partial charge in [-0.05, 0) is 48.7 Å². The molecule has 0 N–H and O–H groups in total. The number of halogens is 6. The van der Waals surface area contributed by atoms with Crippen LogP contribution in [0.25, 0.3) is 0 Å². The largest absolute Gasteiger partial charge is 0.416 e. The number of carbonyl (C=O) groups excluding carboxylic acids is 1. The van der Waals surface area contributed by atoms with Gasteiger partial charge in [0, 0.05) is 43.3 Å². The van der Waals surface area contributed by atoms with Crippen LogP contribution < -0.4 is 4.90 Å². The molecule has 2 fully saturated rings. The molecule has 0 spiro atoms. The van der Waals surface area contributed by atoms with Gasteiger partial charge in [0.15, 0.2) is 9.84 Å². The molecule has 196 valence electrons. The third-order valence-corrected chi connectivity index (χ3v) is 8.23. The van der Waals surface area contributed by atoms with Gasteiger partial charge in [0.1, 0.15) is 0 Å². The second kappa shape index (κ2) is 9.60. The molecule has 12 heteroatoms. The fourth-order valence-electron chi connectivity index (χ4n) is 4.62. The molecule has 0 bridgehead atoms. The molecule has 0 aromatic heterocycles. The molecule has 2 aromatic rings.